The first-order valence-corrected chi connectivity index (χ1v) is 11.6. The van der Waals surface area contributed by atoms with Crippen molar-refractivity contribution < 1.29 is 25.2 Å². The van der Waals surface area contributed by atoms with Gasteiger partial charge in [-0.2, -0.15) is 0 Å². The van der Waals surface area contributed by atoms with Crippen LogP contribution in [0.25, 0.3) is 16.3 Å². The molecule has 4 bridgehead atoms. The number of benzene rings is 2. The fraction of sp³-hybridized carbons (Fsp3) is 0.444. The highest BCUT2D eigenvalue weighted by molar-refractivity contribution is 6.01. The molecule has 166 valence electrons. The number of hydrogen-bond acceptors (Lipinski definition) is 4. The number of rotatable bonds is 3. The normalized spacial score (nSPS) is 33.3. The molecule has 4 N–H and O–H groups in total. The van der Waals surface area contributed by atoms with Crippen molar-refractivity contribution in [2.24, 2.45) is 23.2 Å². The molecule has 0 radical (unpaired) electrons. The van der Waals surface area contributed by atoms with E-state index in [1.54, 1.807) is 12.1 Å². The van der Waals surface area contributed by atoms with Crippen LogP contribution >= 0.6 is 0 Å². The zero-order valence-electron chi connectivity index (χ0n) is 17.9. The van der Waals surface area contributed by atoms with Crippen LogP contribution in [0.5, 0.6) is 11.5 Å². The molecular formula is C27H28O5. The minimum Gasteiger partial charge on any atom is -0.507 e. The summed E-state index contributed by atoms with van der Waals surface area (Å²) in [6.45, 7) is 0. The van der Waals surface area contributed by atoms with Crippen LogP contribution in [0.2, 0.25) is 0 Å². The van der Waals surface area contributed by atoms with Crippen LogP contribution in [0.1, 0.15) is 60.9 Å². The number of carbonyl (C=O) groups is 1. The van der Waals surface area contributed by atoms with Crippen LogP contribution in [0.15, 0.2) is 42.0 Å². The number of aliphatic hydroxyl groups is 1. The molecular weight excluding hydrogens is 404 g/mol. The lowest BCUT2D eigenvalue weighted by Gasteiger charge is -2.58. The van der Waals surface area contributed by atoms with E-state index in [1.165, 1.54) is 56.2 Å². The Bertz CT molecular complexity index is 1170. The molecule has 5 heteroatoms. The van der Waals surface area contributed by atoms with Crippen LogP contribution in [0.3, 0.4) is 0 Å². The van der Waals surface area contributed by atoms with Gasteiger partial charge in [-0.25, -0.2) is 4.79 Å². The van der Waals surface area contributed by atoms with Gasteiger partial charge in [-0.1, -0.05) is 12.2 Å². The monoisotopic (exact) mass is 432 g/mol. The van der Waals surface area contributed by atoms with Crippen molar-refractivity contribution in [3.05, 3.63) is 53.1 Å². The van der Waals surface area contributed by atoms with Crippen molar-refractivity contribution in [2.45, 2.75) is 51.0 Å². The van der Waals surface area contributed by atoms with Gasteiger partial charge in [0.15, 0.2) is 0 Å². The molecule has 4 fully saturated rings. The highest BCUT2D eigenvalue weighted by atomic mass is 16.4. The highest BCUT2D eigenvalue weighted by Crippen LogP contribution is 2.63. The quantitative estimate of drug-likeness (QED) is 0.532. The van der Waals surface area contributed by atoms with E-state index in [4.69, 9.17) is 0 Å². The largest absolute Gasteiger partial charge is 0.507 e. The molecule has 0 aromatic heterocycles. The number of phenols is 2. The Hall–Kier alpha value is -2.79. The Kier molecular flexibility index (Phi) is 4.25. The minimum absolute atomic E-state index is 0.0815. The second kappa shape index (κ2) is 6.85. The zero-order chi connectivity index (χ0) is 22.2. The number of phenolic OH excluding ortho intramolecular Hbond substituents is 2. The zero-order valence-corrected chi connectivity index (χ0v) is 17.9. The Morgan fingerprint density at radius 3 is 2.09 bits per heavy atom. The maximum absolute atomic E-state index is 11.3. The summed E-state index contributed by atoms with van der Waals surface area (Å²) < 4.78 is 0. The second-order valence-electron chi connectivity index (χ2n) is 10.6. The van der Waals surface area contributed by atoms with Gasteiger partial charge in [0, 0.05) is 10.8 Å². The molecule has 7 rings (SSSR count). The van der Waals surface area contributed by atoms with Crippen molar-refractivity contribution in [3.63, 3.8) is 0 Å². The SMILES string of the molecule is O=C(O)c1cc(O)c2cc(C3=CC(C45CC6CC(CC(C6)C4)C5)=CCC3O)cc(O)c2c1. The van der Waals surface area contributed by atoms with E-state index < -0.39 is 12.1 Å². The first kappa shape index (κ1) is 19.9. The molecule has 1 atom stereocenters. The Morgan fingerprint density at radius 2 is 1.47 bits per heavy atom. The van der Waals surface area contributed by atoms with Crippen LogP contribution in [-0.4, -0.2) is 32.5 Å². The highest BCUT2D eigenvalue weighted by Gasteiger charge is 2.52. The van der Waals surface area contributed by atoms with E-state index in [0.717, 1.165) is 23.3 Å². The molecule has 0 aliphatic heterocycles. The summed E-state index contributed by atoms with van der Waals surface area (Å²) in [5.74, 6) is 1.03. The third-order valence-corrected chi connectivity index (χ3v) is 8.49. The molecule has 2 aromatic rings. The lowest BCUT2D eigenvalue weighted by molar-refractivity contribution is -0.0289. The van der Waals surface area contributed by atoms with Gasteiger partial charge in [0.2, 0.25) is 0 Å². The molecule has 0 heterocycles. The Morgan fingerprint density at radius 1 is 0.875 bits per heavy atom. The lowest BCUT2D eigenvalue weighted by Crippen LogP contribution is -2.47. The van der Waals surface area contributed by atoms with E-state index in [1.807, 2.05) is 0 Å². The van der Waals surface area contributed by atoms with Crippen LogP contribution in [0, 0.1) is 23.2 Å². The van der Waals surface area contributed by atoms with E-state index in [2.05, 4.69) is 12.2 Å². The molecule has 0 saturated heterocycles. The smallest absolute Gasteiger partial charge is 0.335 e. The molecule has 5 nitrogen and oxygen atoms in total. The fourth-order valence-corrected chi connectivity index (χ4v) is 7.51. The predicted octanol–water partition coefficient (Wildman–Crippen LogP) is 5.24. The number of aromatic carboxylic acids is 1. The van der Waals surface area contributed by atoms with E-state index in [-0.39, 0.29) is 27.9 Å². The molecule has 5 aliphatic rings. The summed E-state index contributed by atoms with van der Waals surface area (Å²) in [5, 5.41) is 41.9. The van der Waals surface area contributed by atoms with Gasteiger partial charge in [0.05, 0.1) is 11.7 Å². The summed E-state index contributed by atoms with van der Waals surface area (Å²) in [5.41, 5.74) is 2.90. The van der Waals surface area contributed by atoms with Crippen LogP contribution in [0.4, 0.5) is 0 Å². The van der Waals surface area contributed by atoms with Gasteiger partial charge in [0.25, 0.3) is 0 Å². The number of fused-ring (bicyclic) bond motifs is 1. The van der Waals surface area contributed by atoms with Gasteiger partial charge >= 0.3 is 5.97 Å². The third-order valence-electron chi connectivity index (χ3n) is 8.49. The first-order chi connectivity index (χ1) is 15.3. The predicted molar refractivity (Wildman–Crippen MR) is 122 cm³/mol. The summed E-state index contributed by atoms with van der Waals surface area (Å²) >= 11 is 0. The summed E-state index contributed by atoms with van der Waals surface area (Å²) in [6, 6.07) is 5.88. The summed E-state index contributed by atoms with van der Waals surface area (Å²) in [4.78, 5) is 11.3. The minimum atomic E-state index is -1.17. The van der Waals surface area contributed by atoms with Crippen LogP contribution in [-0.2, 0) is 0 Å². The first-order valence-electron chi connectivity index (χ1n) is 11.6. The van der Waals surface area contributed by atoms with Crippen molar-refractivity contribution in [2.75, 3.05) is 0 Å². The Balaban J connectivity index is 1.43. The van der Waals surface area contributed by atoms with E-state index in [9.17, 15) is 25.2 Å². The van der Waals surface area contributed by atoms with Crippen molar-refractivity contribution in [3.8, 4) is 11.5 Å². The second-order valence-corrected chi connectivity index (χ2v) is 10.6. The number of aromatic hydroxyl groups is 2. The number of aliphatic hydroxyl groups excluding tert-OH is 1. The van der Waals surface area contributed by atoms with Gasteiger partial charge in [0.1, 0.15) is 11.5 Å². The molecule has 1 unspecified atom stereocenters. The summed E-state index contributed by atoms with van der Waals surface area (Å²) in [7, 11) is 0. The average molecular weight is 433 g/mol. The number of hydrogen-bond donors (Lipinski definition) is 4. The topological polar surface area (TPSA) is 98.0 Å². The van der Waals surface area contributed by atoms with Crippen molar-refractivity contribution >= 4 is 22.3 Å². The van der Waals surface area contributed by atoms with Crippen molar-refractivity contribution in [1.29, 1.82) is 0 Å². The summed E-state index contributed by atoms with van der Waals surface area (Å²) in [6.07, 6.45) is 12.1. The number of carboxylic acids is 1. The number of carboxylic acid groups (broad SMARTS) is 1. The van der Waals surface area contributed by atoms with Gasteiger partial charge < -0.3 is 20.4 Å². The van der Waals surface area contributed by atoms with Crippen LogP contribution < -0.4 is 0 Å². The van der Waals surface area contributed by atoms with Crippen molar-refractivity contribution in [1.82, 2.24) is 0 Å². The molecule has 0 spiro atoms. The molecule has 5 aliphatic carbocycles. The molecule has 0 amide bonds. The van der Waals surface area contributed by atoms with E-state index >= 15 is 0 Å². The van der Waals surface area contributed by atoms with Gasteiger partial charge in [-0.15, -0.1) is 0 Å². The van der Waals surface area contributed by atoms with Gasteiger partial charge in [-0.3, -0.25) is 0 Å². The number of allylic oxidation sites excluding steroid dienone is 2. The molecule has 32 heavy (non-hydrogen) atoms. The fourth-order valence-electron chi connectivity index (χ4n) is 7.51. The lowest BCUT2D eigenvalue weighted by atomic mass is 9.47. The maximum atomic E-state index is 11.3. The van der Waals surface area contributed by atoms with Gasteiger partial charge in [-0.05, 0) is 109 Å². The van der Waals surface area contributed by atoms with E-state index in [0.29, 0.717) is 17.4 Å². The Labute approximate surface area is 186 Å². The molecule has 4 saturated carbocycles. The third kappa shape index (κ3) is 2.98. The molecule has 2 aromatic carbocycles. The average Bonchev–Trinajstić information content (AvgIpc) is 2.73. The maximum Gasteiger partial charge on any atom is 0.335 e. The standard InChI is InChI=1S/C27H28O5/c28-23-2-1-19(27-11-14-3-15(12-27)5-16(4-14)13-27)10-20(23)17-6-21-22(24(29)8-17)7-18(26(31)32)9-25(21)30/h1,6-10,14-16,23,28-30H,2-5,11-13H2,(H,31,32).